The molecule has 19 heavy (non-hydrogen) atoms. The van der Waals surface area contributed by atoms with E-state index in [4.69, 9.17) is 0 Å². The molecule has 1 fully saturated rings. The third kappa shape index (κ3) is 4.41. The van der Waals surface area contributed by atoms with Crippen molar-refractivity contribution in [1.82, 2.24) is 4.98 Å². The van der Waals surface area contributed by atoms with Crippen LogP contribution in [0.25, 0.3) is 0 Å². The lowest BCUT2D eigenvalue weighted by Gasteiger charge is -2.24. The first-order valence-electron chi connectivity index (χ1n) is 7.75. The summed E-state index contributed by atoms with van der Waals surface area (Å²) in [4.78, 5) is 4.33. The van der Waals surface area contributed by atoms with Crippen molar-refractivity contribution in [1.29, 1.82) is 0 Å². The van der Waals surface area contributed by atoms with Crippen LogP contribution in [0.2, 0.25) is 0 Å². The fraction of sp³-hybridized carbons (Fsp3) is 0.688. The van der Waals surface area contributed by atoms with Gasteiger partial charge in [-0.3, -0.25) is 4.98 Å². The second kappa shape index (κ2) is 7.37. The van der Waals surface area contributed by atoms with Crippen molar-refractivity contribution in [2.75, 3.05) is 17.2 Å². The van der Waals surface area contributed by atoms with E-state index in [1.54, 1.807) is 0 Å². The molecule has 1 saturated carbocycles. The van der Waals surface area contributed by atoms with E-state index in [1.165, 1.54) is 32.1 Å². The van der Waals surface area contributed by atoms with Crippen LogP contribution in [-0.2, 0) is 0 Å². The molecule has 1 aromatic heterocycles. The molecule has 1 heterocycles. The van der Waals surface area contributed by atoms with Gasteiger partial charge in [-0.25, -0.2) is 0 Å². The molecule has 0 amide bonds. The van der Waals surface area contributed by atoms with E-state index < -0.39 is 0 Å². The van der Waals surface area contributed by atoms with Crippen LogP contribution in [-0.4, -0.2) is 17.6 Å². The molecule has 3 nitrogen and oxygen atoms in total. The Hall–Kier alpha value is -1.25. The Bertz CT molecular complexity index is 378. The molecule has 0 radical (unpaired) electrons. The van der Waals surface area contributed by atoms with Gasteiger partial charge in [-0.2, -0.15) is 0 Å². The number of nitrogens with one attached hydrogen (secondary N) is 2. The zero-order valence-electron chi connectivity index (χ0n) is 12.3. The summed E-state index contributed by atoms with van der Waals surface area (Å²) < 4.78 is 0. The van der Waals surface area contributed by atoms with E-state index in [-0.39, 0.29) is 0 Å². The predicted octanol–water partition coefficient (Wildman–Crippen LogP) is 4.28. The number of hydrogen-bond acceptors (Lipinski definition) is 3. The molecule has 0 aromatic carbocycles. The zero-order valence-corrected chi connectivity index (χ0v) is 12.3. The van der Waals surface area contributed by atoms with E-state index in [9.17, 15) is 0 Å². The average Bonchev–Trinajstić information content (AvgIpc) is 2.62. The second-order valence-corrected chi connectivity index (χ2v) is 5.76. The van der Waals surface area contributed by atoms with Gasteiger partial charge in [-0.1, -0.05) is 33.1 Å². The predicted molar refractivity (Wildman–Crippen MR) is 82.7 cm³/mol. The van der Waals surface area contributed by atoms with Gasteiger partial charge in [0.2, 0.25) is 0 Å². The maximum atomic E-state index is 4.33. The lowest BCUT2D eigenvalue weighted by Crippen LogP contribution is -2.26. The summed E-state index contributed by atoms with van der Waals surface area (Å²) in [5.74, 6) is 0.759. The van der Waals surface area contributed by atoms with Gasteiger partial charge in [0.25, 0.3) is 0 Å². The third-order valence-corrected chi connectivity index (χ3v) is 4.03. The Balaban J connectivity index is 1.97. The van der Waals surface area contributed by atoms with E-state index in [0.29, 0.717) is 6.04 Å². The quantitative estimate of drug-likeness (QED) is 0.777. The van der Waals surface area contributed by atoms with Crippen LogP contribution in [0.3, 0.4) is 0 Å². The van der Waals surface area contributed by atoms with Gasteiger partial charge in [0.15, 0.2) is 0 Å². The molecule has 106 valence electrons. The molecular weight excluding hydrogens is 234 g/mol. The van der Waals surface area contributed by atoms with Crippen molar-refractivity contribution < 1.29 is 0 Å². The minimum Gasteiger partial charge on any atom is -0.384 e. The molecule has 0 aliphatic heterocycles. The molecule has 2 rings (SSSR count). The van der Waals surface area contributed by atoms with Gasteiger partial charge in [0.05, 0.1) is 23.8 Å². The Morgan fingerprint density at radius 1 is 1.16 bits per heavy atom. The number of anilines is 2. The number of hydrogen-bond donors (Lipinski definition) is 2. The number of nitrogens with zero attached hydrogens (tertiary/aromatic N) is 1. The average molecular weight is 261 g/mol. The van der Waals surface area contributed by atoms with Crippen LogP contribution in [0.1, 0.15) is 52.4 Å². The molecule has 0 spiro atoms. The van der Waals surface area contributed by atoms with Gasteiger partial charge in [0, 0.05) is 12.6 Å². The van der Waals surface area contributed by atoms with Gasteiger partial charge < -0.3 is 10.6 Å². The summed E-state index contributed by atoms with van der Waals surface area (Å²) in [6.07, 6.45) is 11.7. The summed E-state index contributed by atoms with van der Waals surface area (Å²) in [7, 11) is 0. The molecule has 0 saturated heterocycles. The van der Waals surface area contributed by atoms with Gasteiger partial charge in [-0.05, 0) is 31.2 Å². The maximum Gasteiger partial charge on any atom is 0.0549 e. The minimum absolute atomic E-state index is 0.603. The standard InChI is InChI=1S/C16H27N3/c1-3-9-18-14-10-15(12-17-11-14)19-16-8-6-4-5-7-13(16)2/h10-13,16,18-19H,3-9H2,1-2H3. The second-order valence-electron chi connectivity index (χ2n) is 5.76. The Labute approximate surface area is 117 Å². The molecule has 3 heteroatoms. The van der Waals surface area contributed by atoms with Crippen molar-refractivity contribution in [2.45, 2.75) is 58.4 Å². The summed E-state index contributed by atoms with van der Waals surface area (Å²) >= 11 is 0. The van der Waals surface area contributed by atoms with E-state index in [1.807, 2.05) is 12.4 Å². The fourth-order valence-corrected chi connectivity index (χ4v) is 2.81. The molecule has 2 atom stereocenters. The highest BCUT2D eigenvalue weighted by atomic mass is 15.0. The largest absolute Gasteiger partial charge is 0.384 e. The highest BCUT2D eigenvalue weighted by molar-refractivity contribution is 5.54. The molecule has 1 aromatic rings. The summed E-state index contributed by atoms with van der Waals surface area (Å²) in [5.41, 5.74) is 2.27. The summed E-state index contributed by atoms with van der Waals surface area (Å²) in [6.45, 7) is 5.55. The SMILES string of the molecule is CCCNc1cncc(NC2CCCCCC2C)c1. The van der Waals surface area contributed by atoms with Crippen LogP contribution in [0, 0.1) is 5.92 Å². The monoisotopic (exact) mass is 261 g/mol. The Morgan fingerprint density at radius 2 is 1.95 bits per heavy atom. The van der Waals surface area contributed by atoms with Crippen molar-refractivity contribution in [3.63, 3.8) is 0 Å². The van der Waals surface area contributed by atoms with Crippen LogP contribution in [0.15, 0.2) is 18.5 Å². The molecular formula is C16H27N3. The van der Waals surface area contributed by atoms with E-state index in [2.05, 4.69) is 35.5 Å². The summed E-state index contributed by atoms with van der Waals surface area (Å²) in [6, 6.07) is 2.78. The first-order chi connectivity index (χ1) is 9.29. The molecule has 1 aliphatic rings. The van der Waals surface area contributed by atoms with Crippen molar-refractivity contribution in [3.8, 4) is 0 Å². The number of pyridine rings is 1. The normalized spacial score (nSPS) is 23.7. The molecule has 1 aliphatic carbocycles. The molecule has 2 unspecified atom stereocenters. The lowest BCUT2D eigenvalue weighted by molar-refractivity contribution is 0.456. The Morgan fingerprint density at radius 3 is 2.79 bits per heavy atom. The molecule has 0 bridgehead atoms. The number of rotatable bonds is 5. The van der Waals surface area contributed by atoms with Crippen LogP contribution >= 0.6 is 0 Å². The van der Waals surface area contributed by atoms with Gasteiger partial charge >= 0.3 is 0 Å². The Kier molecular flexibility index (Phi) is 5.49. The van der Waals surface area contributed by atoms with Crippen LogP contribution in [0.5, 0.6) is 0 Å². The number of aromatic nitrogens is 1. The van der Waals surface area contributed by atoms with Crippen molar-refractivity contribution in [3.05, 3.63) is 18.5 Å². The van der Waals surface area contributed by atoms with E-state index in [0.717, 1.165) is 30.3 Å². The first kappa shape index (κ1) is 14.2. The van der Waals surface area contributed by atoms with Crippen LogP contribution < -0.4 is 10.6 Å². The van der Waals surface area contributed by atoms with Crippen LogP contribution in [0.4, 0.5) is 11.4 Å². The van der Waals surface area contributed by atoms with Gasteiger partial charge in [-0.15, -0.1) is 0 Å². The van der Waals surface area contributed by atoms with Gasteiger partial charge in [0.1, 0.15) is 0 Å². The minimum atomic E-state index is 0.603. The van der Waals surface area contributed by atoms with E-state index >= 15 is 0 Å². The smallest absolute Gasteiger partial charge is 0.0549 e. The van der Waals surface area contributed by atoms with Crippen molar-refractivity contribution >= 4 is 11.4 Å². The lowest BCUT2D eigenvalue weighted by atomic mass is 9.97. The van der Waals surface area contributed by atoms with Crippen molar-refractivity contribution in [2.24, 2.45) is 5.92 Å². The first-order valence-corrected chi connectivity index (χ1v) is 7.75. The molecule has 2 N–H and O–H groups in total. The topological polar surface area (TPSA) is 37.0 Å². The summed E-state index contributed by atoms with van der Waals surface area (Å²) in [5, 5.41) is 7.08. The zero-order chi connectivity index (χ0) is 13.5. The highest BCUT2D eigenvalue weighted by Crippen LogP contribution is 2.26. The third-order valence-electron chi connectivity index (χ3n) is 4.03. The maximum absolute atomic E-state index is 4.33. The highest BCUT2D eigenvalue weighted by Gasteiger charge is 2.19. The fourth-order valence-electron chi connectivity index (χ4n) is 2.81.